The molecule has 26 heavy (non-hydrogen) atoms. The SMILES string of the molecule is C[C@H](CC1=NS(=O)(=O)C(c2ccccc2)C(C)(C)O1)c1ccccc1F. The van der Waals surface area contributed by atoms with Gasteiger partial charge in [-0.15, -0.1) is 4.40 Å². The lowest BCUT2D eigenvalue weighted by atomic mass is 9.95. The summed E-state index contributed by atoms with van der Waals surface area (Å²) in [4.78, 5) is 0. The summed E-state index contributed by atoms with van der Waals surface area (Å²) in [6.07, 6.45) is 0.213. The molecule has 138 valence electrons. The Morgan fingerprint density at radius 1 is 1.12 bits per heavy atom. The summed E-state index contributed by atoms with van der Waals surface area (Å²) in [5.41, 5.74) is 0.174. The van der Waals surface area contributed by atoms with E-state index >= 15 is 0 Å². The van der Waals surface area contributed by atoms with Crippen LogP contribution in [-0.4, -0.2) is 19.9 Å². The lowest BCUT2D eigenvalue weighted by Gasteiger charge is -2.37. The van der Waals surface area contributed by atoms with Crippen LogP contribution in [0.5, 0.6) is 0 Å². The van der Waals surface area contributed by atoms with Crippen molar-refractivity contribution in [1.82, 2.24) is 0 Å². The molecule has 0 aromatic heterocycles. The number of halogens is 1. The van der Waals surface area contributed by atoms with Gasteiger partial charge < -0.3 is 4.74 Å². The molecule has 1 heterocycles. The number of nitrogens with zero attached hydrogens (tertiary/aromatic N) is 1. The highest BCUT2D eigenvalue weighted by molar-refractivity contribution is 7.90. The minimum Gasteiger partial charge on any atom is -0.472 e. The van der Waals surface area contributed by atoms with Crippen LogP contribution in [0.15, 0.2) is 59.0 Å². The number of hydrogen-bond donors (Lipinski definition) is 0. The largest absolute Gasteiger partial charge is 0.472 e. The standard InChI is InChI=1S/C20H22FNO3S/c1-14(16-11-7-8-12-17(16)21)13-18-22-26(23,24)19(20(2,3)25-18)15-9-5-4-6-10-15/h4-12,14,19H,13H2,1-3H3/t14-,19?/m1/s1. The van der Waals surface area contributed by atoms with Crippen LogP contribution in [0.4, 0.5) is 4.39 Å². The zero-order valence-electron chi connectivity index (χ0n) is 15.0. The van der Waals surface area contributed by atoms with Gasteiger partial charge in [-0.25, -0.2) is 12.8 Å². The summed E-state index contributed by atoms with van der Waals surface area (Å²) in [5, 5.41) is -0.885. The highest BCUT2D eigenvalue weighted by atomic mass is 32.2. The zero-order valence-corrected chi connectivity index (χ0v) is 15.8. The van der Waals surface area contributed by atoms with Gasteiger partial charge in [0.25, 0.3) is 10.0 Å². The van der Waals surface area contributed by atoms with E-state index in [4.69, 9.17) is 4.74 Å². The van der Waals surface area contributed by atoms with Crippen molar-refractivity contribution in [1.29, 1.82) is 0 Å². The Kier molecular flexibility index (Phi) is 4.88. The minimum absolute atomic E-state index is 0.123. The second-order valence-electron chi connectivity index (χ2n) is 7.12. The van der Waals surface area contributed by atoms with Gasteiger partial charge in [0.1, 0.15) is 16.7 Å². The van der Waals surface area contributed by atoms with Crippen molar-refractivity contribution in [2.75, 3.05) is 0 Å². The molecule has 3 rings (SSSR count). The molecule has 0 fully saturated rings. The average Bonchev–Trinajstić information content (AvgIpc) is 2.53. The van der Waals surface area contributed by atoms with E-state index in [1.807, 2.05) is 13.0 Å². The Hall–Kier alpha value is -2.21. The van der Waals surface area contributed by atoms with Gasteiger partial charge in [-0.05, 0) is 37.0 Å². The molecule has 1 aliphatic rings. The summed E-state index contributed by atoms with van der Waals surface area (Å²) < 4.78 is 49.5. The monoisotopic (exact) mass is 375 g/mol. The van der Waals surface area contributed by atoms with Gasteiger partial charge in [-0.2, -0.15) is 0 Å². The molecule has 0 spiro atoms. The Labute approximate surface area is 153 Å². The van der Waals surface area contributed by atoms with Crippen LogP contribution in [0.2, 0.25) is 0 Å². The number of ether oxygens (including phenoxy) is 1. The van der Waals surface area contributed by atoms with Crippen LogP contribution < -0.4 is 0 Å². The first-order valence-corrected chi connectivity index (χ1v) is 10.0. The highest BCUT2D eigenvalue weighted by Crippen LogP contribution is 2.41. The molecule has 0 saturated carbocycles. The van der Waals surface area contributed by atoms with Gasteiger partial charge >= 0.3 is 0 Å². The van der Waals surface area contributed by atoms with Crippen LogP contribution in [0.25, 0.3) is 0 Å². The number of benzene rings is 2. The van der Waals surface area contributed by atoms with Crippen molar-refractivity contribution in [2.45, 2.75) is 44.0 Å². The molecule has 2 aromatic carbocycles. The molecule has 0 saturated heterocycles. The molecule has 0 radical (unpaired) electrons. The van der Waals surface area contributed by atoms with E-state index < -0.39 is 20.9 Å². The molecule has 1 aliphatic heterocycles. The zero-order chi connectivity index (χ0) is 18.9. The Morgan fingerprint density at radius 3 is 2.35 bits per heavy atom. The fourth-order valence-electron chi connectivity index (χ4n) is 3.46. The average molecular weight is 375 g/mol. The lowest BCUT2D eigenvalue weighted by Crippen LogP contribution is -2.43. The van der Waals surface area contributed by atoms with Crippen molar-refractivity contribution in [2.24, 2.45) is 4.40 Å². The molecule has 0 aliphatic carbocycles. The Balaban J connectivity index is 1.92. The van der Waals surface area contributed by atoms with E-state index in [0.717, 1.165) is 0 Å². The van der Waals surface area contributed by atoms with Crippen LogP contribution >= 0.6 is 0 Å². The first-order chi connectivity index (χ1) is 12.2. The van der Waals surface area contributed by atoms with Crippen LogP contribution in [0, 0.1) is 5.82 Å². The first-order valence-electron chi connectivity index (χ1n) is 8.52. The molecular weight excluding hydrogens is 353 g/mol. The molecule has 0 N–H and O–H groups in total. The fourth-order valence-corrected chi connectivity index (χ4v) is 5.22. The Morgan fingerprint density at radius 2 is 1.73 bits per heavy atom. The van der Waals surface area contributed by atoms with Crippen LogP contribution in [-0.2, 0) is 14.8 Å². The van der Waals surface area contributed by atoms with Crippen LogP contribution in [0.1, 0.15) is 49.5 Å². The summed E-state index contributed by atoms with van der Waals surface area (Å²) in [6, 6.07) is 15.4. The maximum atomic E-state index is 14.0. The smallest absolute Gasteiger partial charge is 0.267 e. The molecule has 2 aromatic rings. The quantitative estimate of drug-likeness (QED) is 0.785. The van der Waals surface area contributed by atoms with E-state index in [2.05, 4.69) is 4.40 Å². The summed E-state index contributed by atoms with van der Waals surface area (Å²) >= 11 is 0. The molecular formula is C20H22FNO3S. The van der Waals surface area contributed by atoms with Gasteiger partial charge in [0.15, 0.2) is 0 Å². The third-order valence-corrected chi connectivity index (χ3v) is 6.45. The number of rotatable bonds is 4. The van der Waals surface area contributed by atoms with Gasteiger partial charge in [0.05, 0.1) is 0 Å². The van der Waals surface area contributed by atoms with E-state index in [0.29, 0.717) is 11.1 Å². The van der Waals surface area contributed by atoms with E-state index in [1.54, 1.807) is 56.3 Å². The fraction of sp³-hybridized carbons (Fsp3) is 0.350. The van der Waals surface area contributed by atoms with Crippen LogP contribution in [0.3, 0.4) is 0 Å². The van der Waals surface area contributed by atoms with Gasteiger partial charge in [-0.1, -0.05) is 55.5 Å². The first kappa shape index (κ1) is 18.6. The predicted molar refractivity (Wildman–Crippen MR) is 100 cm³/mol. The van der Waals surface area contributed by atoms with Crippen molar-refractivity contribution in [3.8, 4) is 0 Å². The number of sulfonamides is 1. The summed E-state index contributed by atoms with van der Waals surface area (Å²) in [6.45, 7) is 5.31. The normalized spacial score (nSPS) is 22.2. The molecule has 4 nitrogen and oxygen atoms in total. The maximum absolute atomic E-state index is 14.0. The Bertz CT molecular complexity index is 923. The molecule has 6 heteroatoms. The second kappa shape index (κ2) is 6.83. The van der Waals surface area contributed by atoms with Gasteiger partial charge in [0, 0.05) is 6.42 Å². The van der Waals surface area contributed by atoms with E-state index in [9.17, 15) is 12.8 Å². The molecule has 0 amide bonds. The van der Waals surface area contributed by atoms with Crippen molar-refractivity contribution >= 4 is 15.9 Å². The highest BCUT2D eigenvalue weighted by Gasteiger charge is 2.47. The summed E-state index contributed by atoms with van der Waals surface area (Å²) in [5.74, 6) is -0.451. The topological polar surface area (TPSA) is 55.7 Å². The molecule has 0 bridgehead atoms. The lowest BCUT2D eigenvalue weighted by molar-refractivity contribution is 0.0803. The predicted octanol–water partition coefficient (Wildman–Crippen LogP) is 4.60. The maximum Gasteiger partial charge on any atom is 0.267 e. The second-order valence-corrected chi connectivity index (χ2v) is 8.81. The third kappa shape index (κ3) is 3.65. The van der Waals surface area contributed by atoms with Gasteiger partial charge in [-0.3, -0.25) is 0 Å². The van der Waals surface area contributed by atoms with E-state index in [1.165, 1.54) is 6.07 Å². The number of hydrogen-bond acceptors (Lipinski definition) is 3. The van der Waals surface area contributed by atoms with Crippen molar-refractivity contribution in [3.05, 3.63) is 71.5 Å². The minimum atomic E-state index is -3.80. The van der Waals surface area contributed by atoms with E-state index in [-0.39, 0.29) is 24.1 Å². The summed E-state index contributed by atoms with van der Waals surface area (Å²) in [7, 11) is -3.80. The molecule has 1 unspecified atom stereocenters. The molecule has 2 atom stereocenters. The third-order valence-electron chi connectivity index (χ3n) is 4.56. The van der Waals surface area contributed by atoms with Crippen molar-refractivity contribution in [3.63, 3.8) is 0 Å². The van der Waals surface area contributed by atoms with Gasteiger partial charge in [0.2, 0.25) is 5.90 Å². The van der Waals surface area contributed by atoms with Crippen molar-refractivity contribution < 1.29 is 17.5 Å².